The highest BCUT2D eigenvalue weighted by Crippen LogP contribution is 2.22. The summed E-state index contributed by atoms with van der Waals surface area (Å²) in [6, 6.07) is 7.72. The Kier molecular flexibility index (Phi) is 5.56. The van der Waals surface area contributed by atoms with Crippen molar-refractivity contribution in [1.29, 1.82) is 0 Å². The topological polar surface area (TPSA) is 71.4 Å². The normalized spacial score (nSPS) is 23.2. The molecule has 2 aliphatic rings. The molecule has 2 saturated heterocycles. The third-order valence-corrected chi connectivity index (χ3v) is 5.02. The first kappa shape index (κ1) is 18.4. The summed E-state index contributed by atoms with van der Waals surface area (Å²) in [4.78, 5) is 40.0. The Morgan fingerprint density at radius 2 is 1.77 bits per heavy atom. The van der Waals surface area contributed by atoms with Crippen LogP contribution in [0, 0.1) is 0 Å². The summed E-state index contributed by atoms with van der Waals surface area (Å²) in [5.74, 6) is -0.567. The van der Waals surface area contributed by atoms with E-state index < -0.39 is 17.8 Å². The van der Waals surface area contributed by atoms with Gasteiger partial charge in [0.25, 0.3) is 0 Å². The van der Waals surface area contributed by atoms with E-state index >= 15 is 0 Å². The van der Waals surface area contributed by atoms with Crippen molar-refractivity contribution in [2.24, 2.45) is 0 Å². The standard InChI is InChI=1S/C19H25N3O4/c1-3-11-21-17(23)18(24)22(19(21)25)13-20-12-5-6-16(20)14-7-9-15(10-8-14)26-4-2/h7-10,16H,3-6,11-13H2,1-2H3/p+1/t16-/m1/s1. The quantitative estimate of drug-likeness (QED) is 0.581. The maximum Gasteiger partial charge on any atom is 0.338 e. The van der Waals surface area contributed by atoms with Gasteiger partial charge in [-0.15, -0.1) is 0 Å². The molecule has 2 fully saturated rings. The van der Waals surface area contributed by atoms with E-state index in [1.54, 1.807) is 0 Å². The Morgan fingerprint density at radius 3 is 2.42 bits per heavy atom. The second kappa shape index (κ2) is 7.86. The van der Waals surface area contributed by atoms with Gasteiger partial charge < -0.3 is 9.64 Å². The van der Waals surface area contributed by atoms with E-state index in [0.717, 1.165) is 45.4 Å². The van der Waals surface area contributed by atoms with Crippen LogP contribution in [0.15, 0.2) is 24.3 Å². The second-order valence-corrected chi connectivity index (χ2v) is 6.74. The largest absolute Gasteiger partial charge is 0.494 e. The summed E-state index contributed by atoms with van der Waals surface area (Å²) in [6.45, 7) is 5.85. The van der Waals surface area contributed by atoms with Gasteiger partial charge in [-0.1, -0.05) is 6.92 Å². The van der Waals surface area contributed by atoms with E-state index in [2.05, 4.69) is 0 Å². The van der Waals surface area contributed by atoms with Crippen LogP contribution in [0.25, 0.3) is 0 Å². The average molecular weight is 360 g/mol. The molecule has 2 atom stereocenters. The van der Waals surface area contributed by atoms with Gasteiger partial charge in [-0.25, -0.2) is 9.69 Å². The number of benzene rings is 1. The van der Waals surface area contributed by atoms with Gasteiger partial charge in [0.15, 0.2) is 6.67 Å². The molecule has 1 aromatic rings. The molecule has 2 heterocycles. The minimum Gasteiger partial charge on any atom is -0.494 e. The van der Waals surface area contributed by atoms with Gasteiger partial charge in [-0.2, -0.15) is 0 Å². The number of likely N-dealkylation sites (tertiary alicyclic amines) is 1. The van der Waals surface area contributed by atoms with Gasteiger partial charge in [-0.3, -0.25) is 14.5 Å². The van der Waals surface area contributed by atoms with Crippen molar-refractivity contribution in [2.45, 2.75) is 39.2 Å². The minimum absolute atomic E-state index is 0.210. The smallest absolute Gasteiger partial charge is 0.338 e. The fraction of sp³-hybridized carbons (Fsp3) is 0.526. The van der Waals surface area contributed by atoms with Gasteiger partial charge in [0.1, 0.15) is 11.8 Å². The van der Waals surface area contributed by atoms with Crippen LogP contribution in [0.1, 0.15) is 44.7 Å². The van der Waals surface area contributed by atoms with Crippen molar-refractivity contribution in [1.82, 2.24) is 9.80 Å². The first-order chi connectivity index (χ1) is 12.6. The summed E-state index contributed by atoms with van der Waals surface area (Å²) in [5, 5.41) is 0. The van der Waals surface area contributed by atoms with Gasteiger partial charge in [0.05, 0.1) is 13.2 Å². The van der Waals surface area contributed by atoms with Crippen LogP contribution in [0.3, 0.4) is 0 Å². The molecule has 7 nitrogen and oxygen atoms in total. The lowest BCUT2D eigenvalue weighted by Gasteiger charge is -2.25. The maximum atomic E-state index is 12.4. The molecule has 140 valence electrons. The lowest BCUT2D eigenvalue weighted by atomic mass is 10.0. The number of nitrogens with zero attached hydrogens (tertiary/aromatic N) is 2. The van der Waals surface area contributed by atoms with Crippen LogP contribution >= 0.6 is 0 Å². The molecule has 1 N–H and O–H groups in total. The molecular weight excluding hydrogens is 334 g/mol. The van der Waals surface area contributed by atoms with E-state index in [1.165, 1.54) is 0 Å². The Hall–Kier alpha value is -2.41. The number of quaternary nitrogens is 1. The van der Waals surface area contributed by atoms with Crippen molar-refractivity contribution < 1.29 is 24.0 Å². The molecule has 0 saturated carbocycles. The minimum atomic E-state index is -0.701. The number of urea groups is 1. The third-order valence-electron chi connectivity index (χ3n) is 5.02. The van der Waals surface area contributed by atoms with E-state index in [0.29, 0.717) is 13.0 Å². The Bertz CT molecular complexity index is 689. The number of hydrogen-bond donors (Lipinski definition) is 1. The molecule has 0 radical (unpaired) electrons. The van der Waals surface area contributed by atoms with E-state index in [9.17, 15) is 14.4 Å². The molecule has 0 aliphatic carbocycles. The van der Waals surface area contributed by atoms with Crippen molar-refractivity contribution in [3.8, 4) is 5.75 Å². The van der Waals surface area contributed by atoms with E-state index in [1.807, 2.05) is 38.1 Å². The van der Waals surface area contributed by atoms with E-state index in [4.69, 9.17) is 4.74 Å². The highest BCUT2D eigenvalue weighted by Gasteiger charge is 2.47. The number of amides is 4. The first-order valence-electron chi connectivity index (χ1n) is 9.31. The predicted octanol–water partition coefficient (Wildman–Crippen LogP) is 0.963. The Labute approximate surface area is 153 Å². The number of carbonyl (C=O) groups is 3. The molecule has 2 aliphatic heterocycles. The number of nitrogens with one attached hydrogen (secondary N) is 1. The molecule has 1 unspecified atom stereocenters. The number of ether oxygens (including phenoxy) is 1. The summed E-state index contributed by atoms with van der Waals surface area (Å²) < 4.78 is 5.49. The van der Waals surface area contributed by atoms with Gasteiger partial charge in [0.2, 0.25) is 0 Å². The monoisotopic (exact) mass is 360 g/mol. The number of hydrogen-bond acceptors (Lipinski definition) is 4. The number of carbonyl (C=O) groups excluding carboxylic acids is 3. The molecule has 0 spiro atoms. The highest BCUT2D eigenvalue weighted by atomic mass is 16.5. The van der Waals surface area contributed by atoms with Crippen LogP contribution in [0.4, 0.5) is 4.79 Å². The molecule has 0 aromatic heterocycles. The van der Waals surface area contributed by atoms with Crippen LogP contribution in [0.5, 0.6) is 5.75 Å². The van der Waals surface area contributed by atoms with Crippen molar-refractivity contribution >= 4 is 17.8 Å². The average Bonchev–Trinajstić information content (AvgIpc) is 3.18. The highest BCUT2D eigenvalue weighted by molar-refractivity contribution is 6.44. The zero-order valence-corrected chi connectivity index (χ0v) is 15.4. The zero-order chi connectivity index (χ0) is 18.7. The number of imide groups is 2. The third kappa shape index (κ3) is 3.44. The van der Waals surface area contributed by atoms with Gasteiger partial charge in [-0.05, 0) is 37.6 Å². The van der Waals surface area contributed by atoms with E-state index in [-0.39, 0.29) is 19.3 Å². The Balaban J connectivity index is 1.71. The number of rotatable bonds is 7. The summed E-state index contributed by atoms with van der Waals surface area (Å²) in [6.07, 6.45) is 2.66. The Morgan fingerprint density at radius 1 is 1.08 bits per heavy atom. The maximum absolute atomic E-state index is 12.4. The van der Waals surface area contributed by atoms with Crippen molar-refractivity contribution in [3.05, 3.63) is 29.8 Å². The van der Waals surface area contributed by atoms with Crippen molar-refractivity contribution in [3.63, 3.8) is 0 Å². The second-order valence-electron chi connectivity index (χ2n) is 6.74. The lowest BCUT2D eigenvalue weighted by Crippen LogP contribution is -3.12. The van der Waals surface area contributed by atoms with Crippen LogP contribution in [-0.4, -0.2) is 54.0 Å². The van der Waals surface area contributed by atoms with Crippen LogP contribution in [-0.2, 0) is 9.59 Å². The van der Waals surface area contributed by atoms with Crippen molar-refractivity contribution in [2.75, 3.05) is 26.4 Å². The SMILES string of the molecule is CCCN1C(=O)C(=O)N(C[NH+]2CCC[C@@H]2c2ccc(OCC)cc2)C1=O. The van der Waals surface area contributed by atoms with Crippen LogP contribution < -0.4 is 9.64 Å². The van der Waals surface area contributed by atoms with Gasteiger partial charge in [0, 0.05) is 24.9 Å². The fourth-order valence-electron chi connectivity index (χ4n) is 3.78. The summed E-state index contributed by atoms with van der Waals surface area (Å²) in [5.41, 5.74) is 1.16. The lowest BCUT2D eigenvalue weighted by molar-refractivity contribution is -0.925. The van der Waals surface area contributed by atoms with Crippen LogP contribution in [0.2, 0.25) is 0 Å². The molecule has 1 aromatic carbocycles. The fourth-order valence-corrected chi connectivity index (χ4v) is 3.78. The van der Waals surface area contributed by atoms with Gasteiger partial charge >= 0.3 is 17.8 Å². The molecule has 3 rings (SSSR count). The summed E-state index contributed by atoms with van der Waals surface area (Å²) >= 11 is 0. The summed E-state index contributed by atoms with van der Waals surface area (Å²) in [7, 11) is 0. The molecular formula is C19H26N3O4+. The molecule has 26 heavy (non-hydrogen) atoms. The predicted molar refractivity (Wildman–Crippen MR) is 94.5 cm³/mol. The molecule has 4 amide bonds. The zero-order valence-electron chi connectivity index (χ0n) is 15.4. The molecule has 7 heteroatoms. The molecule has 0 bridgehead atoms. The first-order valence-corrected chi connectivity index (χ1v) is 9.31.